The van der Waals surface area contributed by atoms with E-state index >= 15 is 0 Å². The van der Waals surface area contributed by atoms with Crippen LogP contribution in [0.2, 0.25) is 0 Å². The molecule has 2 rings (SSSR count). The van der Waals surface area contributed by atoms with E-state index in [1.54, 1.807) is 20.8 Å². The van der Waals surface area contributed by atoms with Crippen molar-refractivity contribution in [2.75, 3.05) is 13.2 Å². The van der Waals surface area contributed by atoms with Gasteiger partial charge in [-0.05, 0) is 52.0 Å². The molecule has 2 atom stereocenters. The van der Waals surface area contributed by atoms with Gasteiger partial charge in [-0.25, -0.2) is 0 Å². The number of ether oxygens (including phenoxy) is 1. The molecule has 0 spiro atoms. The van der Waals surface area contributed by atoms with E-state index in [0.717, 1.165) is 5.56 Å². The molecule has 0 heterocycles. The molecule has 0 N–H and O–H groups in total. The number of nitrogens with zero attached hydrogens (tertiary/aromatic N) is 2. The summed E-state index contributed by atoms with van der Waals surface area (Å²) in [6.45, 7) is 4.34. The lowest BCUT2D eigenvalue weighted by molar-refractivity contribution is -0.790. The number of esters is 1. The lowest BCUT2D eigenvalue weighted by Gasteiger charge is -2.26. The highest BCUT2D eigenvalue weighted by Crippen LogP contribution is 2.37. The van der Waals surface area contributed by atoms with E-state index in [4.69, 9.17) is 4.74 Å². The van der Waals surface area contributed by atoms with Gasteiger partial charge in [0.05, 0.1) is 6.61 Å². The molecular formula is C25H30N2O10. The fourth-order valence-electron chi connectivity index (χ4n) is 4.13. The van der Waals surface area contributed by atoms with Gasteiger partial charge in [-0.1, -0.05) is 30.3 Å². The van der Waals surface area contributed by atoms with E-state index in [9.17, 15) is 34.6 Å². The zero-order valence-electron chi connectivity index (χ0n) is 21.0. The smallest absolute Gasteiger partial charge is 0.305 e. The van der Waals surface area contributed by atoms with Crippen LogP contribution in [-0.4, -0.2) is 47.0 Å². The van der Waals surface area contributed by atoms with Crippen LogP contribution in [0.5, 0.6) is 0 Å². The molecule has 200 valence electrons. The van der Waals surface area contributed by atoms with E-state index in [-0.39, 0.29) is 37.4 Å². The number of hydrogen-bond donors (Lipinski definition) is 0. The van der Waals surface area contributed by atoms with Crippen LogP contribution in [0.1, 0.15) is 64.4 Å². The molecule has 0 fully saturated rings. The molecule has 1 aliphatic carbocycles. The van der Waals surface area contributed by atoms with E-state index in [2.05, 4.69) is 9.68 Å². The van der Waals surface area contributed by atoms with Gasteiger partial charge in [0, 0.05) is 34.6 Å². The zero-order valence-corrected chi connectivity index (χ0v) is 21.0. The normalized spacial score (nSPS) is 15.3. The van der Waals surface area contributed by atoms with Crippen LogP contribution in [0.25, 0.3) is 0 Å². The van der Waals surface area contributed by atoms with Crippen LogP contribution >= 0.6 is 0 Å². The summed E-state index contributed by atoms with van der Waals surface area (Å²) in [5, 5.41) is 18.7. The Hall–Kier alpha value is -4.09. The second-order valence-corrected chi connectivity index (χ2v) is 8.64. The molecule has 0 saturated carbocycles. The van der Waals surface area contributed by atoms with E-state index in [1.807, 2.05) is 30.3 Å². The average molecular weight is 519 g/mol. The molecule has 0 bridgehead atoms. The Balaban J connectivity index is 1.94. The number of allylic oxidation sites excluding steroid dienone is 4. The van der Waals surface area contributed by atoms with Crippen LogP contribution in [-0.2, 0) is 28.8 Å². The summed E-state index contributed by atoms with van der Waals surface area (Å²) in [6.07, 6.45) is -0.0621. The number of hydrogen-bond acceptors (Lipinski definition) is 10. The van der Waals surface area contributed by atoms with Crippen molar-refractivity contribution in [3.63, 3.8) is 0 Å². The first-order valence-electron chi connectivity index (χ1n) is 11.8. The molecule has 0 aromatic heterocycles. The monoisotopic (exact) mass is 518 g/mol. The van der Waals surface area contributed by atoms with Crippen molar-refractivity contribution < 1.29 is 39.0 Å². The van der Waals surface area contributed by atoms with Crippen molar-refractivity contribution in [1.82, 2.24) is 0 Å². The minimum atomic E-state index is -1.11. The molecule has 12 nitrogen and oxygen atoms in total. The summed E-state index contributed by atoms with van der Waals surface area (Å²) >= 11 is 0. The Morgan fingerprint density at radius 2 is 1.54 bits per heavy atom. The molecule has 37 heavy (non-hydrogen) atoms. The second kappa shape index (κ2) is 13.9. The van der Waals surface area contributed by atoms with Crippen molar-refractivity contribution in [3.05, 3.63) is 78.4 Å². The van der Waals surface area contributed by atoms with Gasteiger partial charge in [-0.3, -0.25) is 14.4 Å². The van der Waals surface area contributed by atoms with E-state index in [0.29, 0.717) is 35.1 Å². The van der Waals surface area contributed by atoms with Gasteiger partial charge in [0.15, 0.2) is 11.6 Å². The number of Topliss-reactive ketones (excluding diaryl/α,β-unsaturated/α-hetero) is 2. The minimum Gasteiger partial charge on any atom is -0.466 e. The SMILES string of the molecule is CC1=C(C)C(=O)C(C(CCC(=O)OCCCCC(CO[N+](=O)[O-])O[N+](=O)[O-])c2ccccc2)=C(C)C1=O. The molecule has 1 aromatic rings. The number of rotatable bonds is 15. The molecule has 0 aliphatic heterocycles. The number of carbonyl (C=O) groups excluding carboxylic acids is 3. The van der Waals surface area contributed by atoms with Crippen molar-refractivity contribution >= 4 is 17.5 Å². The summed E-state index contributed by atoms with van der Waals surface area (Å²) in [5.74, 6) is -1.34. The van der Waals surface area contributed by atoms with Gasteiger partial charge in [-0.15, -0.1) is 20.2 Å². The average Bonchev–Trinajstić information content (AvgIpc) is 2.86. The first-order valence-corrected chi connectivity index (χ1v) is 11.8. The van der Waals surface area contributed by atoms with Crippen molar-refractivity contribution in [2.45, 2.75) is 64.9 Å². The third kappa shape index (κ3) is 8.51. The first kappa shape index (κ1) is 29.1. The van der Waals surface area contributed by atoms with Crippen LogP contribution in [0.15, 0.2) is 52.6 Å². The molecule has 12 heteroatoms. The van der Waals surface area contributed by atoms with Crippen LogP contribution < -0.4 is 0 Å². The topological polar surface area (TPSA) is 165 Å². The van der Waals surface area contributed by atoms with Crippen LogP contribution in [0, 0.1) is 20.2 Å². The minimum absolute atomic E-state index is 0.00326. The third-order valence-electron chi connectivity index (χ3n) is 6.20. The Labute approximate surface area is 213 Å². The summed E-state index contributed by atoms with van der Waals surface area (Å²) in [5.41, 5.74) is 2.40. The number of benzene rings is 1. The maximum atomic E-state index is 13.1. The Bertz CT molecular complexity index is 1090. The Morgan fingerprint density at radius 3 is 2.16 bits per heavy atom. The van der Waals surface area contributed by atoms with E-state index < -0.39 is 34.8 Å². The van der Waals surface area contributed by atoms with Crippen molar-refractivity contribution in [2.24, 2.45) is 0 Å². The third-order valence-corrected chi connectivity index (χ3v) is 6.20. The predicted octanol–water partition coefficient (Wildman–Crippen LogP) is 3.85. The fourth-order valence-corrected chi connectivity index (χ4v) is 4.13. The van der Waals surface area contributed by atoms with Crippen molar-refractivity contribution in [3.8, 4) is 0 Å². The molecular weight excluding hydrogens is 488 g/mol. The summed E-state index contributed by atoms with van der Waals surface area (Å²) in [6, 6.07) is 9.18. The summed E-state index contributed by atoms with van der Waals surface area (Å²) < 4.78 is 5.26. The summed E-state index contributed by atoms with van der Waals surface area (Å²) in [7, 11) is 0. The molecule has 1 aliphatic rings. The maximum absolute atomic E-state index is 13.1. The molecule has 0 saturated heterocycles. The van der Waals surface area contributed by atoms with Gasteiger partial charge in [0.2, 0.25) is 0 Å². The first-order chi connectivity index (χ1) is 17.5. The van der Waals surface area contributed by atoms with Gasteiger partial charge < -0.3 is 14.4 Å². The van der Waals surface area contributed by atoms with Crippen LogP contribution in [0.3, 0.4) is 0 Å². The zero-order chi connectivity index (χ0) is 27.5. The molecule has 0 amide bonds. The lowest BCUT2D eigenvalue weighted by atomic mass is 9.76. The summed E-state index contributed by atoms with van der Waals surface area (Å²) in [4.78, 5) is 67.5. The number of unbranched alkanes of at least 4 members (excludes halogenated alkanes) is 1. The highest BCUT2D eigenvalue weighted by Gasteiger charge is 2.33. The van der Waals surface area contributed by atoms with Gasteiger partial charge in [0.25, 0.3) is 10.2 Å². The fraction of sp³-hybridized carbons (Fsp3) is 0.480. The highest BCUT2D eigenvalue weighted by molar-refractivity contribution is 6.25. The quantitative estimate of drug-likeness (QED) is 0.109. The predicted molar refractivity (Wildman–Crippen MR) is 129 cm³/mol. The molecule has 0 radical (unpaired) electrons. The largest absolute Gasteiger partial charge is 0.466 e. The lowest BCUT2D eigenvalue weighted by Crippen LogP contribution is -2.25. The second-order valence-electron chi connectivity index (χ2n) is 8.64. The van der Waals surface area contributed by atoms with Gasteiger partial charge in [-0.2, -0.15) is 0 Å². The molecule has 1 aromatic carbocycles. The number of carbonyl (C=O) groups is 3. The standard InChI is InChI=1S/C25H30N2O10/c1-16-17(2)25(30)23(18(3)24(16)29)21(19-9-5-4-6-10-19)12-13-22(28)35-14-8-7-11-20(37-27(33)34)15-36-26(31)32/h4-6,9-10,20-21H,7-8,11-15H2,1-3H3. The number of ketones is 2. The van der Waals surface area contributed by atoms with E-state index in [1.165, 1.54) is 0 Å². The molecule has 2 unspecified atom stereocenters. The Morgan fingerprint density at radius 1 is 0.892 bits per heavy atom. The highest BCUT2D eigenvalue weighted by atomic mass is 17.0. The van der Waals surface area contributed by atoms with Gasteiger partial charge >= 0.3 is 5.97 Å². The maximum Gasteiger partial charge on any atom is 0.305 e. The van der Waals surface area contributed by atoms with Crippen molar-refractivity contribution in [1.29, 1.82) is 0 Å². The van der Waals surface area contributed by atoms with Gasteiger partial charge in [0.1, 0.15) is 12.7 Å². The van der Waals surface area contributed by atoms with Crippen LogP contribution in [0.4, 0.5) is 0 Å². The Kier molecular flexibility index (Phi) is 10.9.